The Morgan fingerprint density at radius 3 is 2.74 bits per heavy atom. The molecule has 1 aliphatic rings. The highest BCUT2D eigenvalue weighted by molar-refractivity contribution is 6.03. The lowest BCUT2D eigenvalue weighted by atomic mass is 9.87. The van der Waals surface area contributed by atoms with Gasteiger partial charge in [-0.15, -0.1) is 0 Å². The number of hydrogen-bond acceptors (Lipinski definition) is 6. The number of aromatic nitrogens is 1. The van der Waals surface area contributed by atoms with Crippen LogP contribution in [0.25, 0.3) is 0 Å². The van der Waals surface area contributed by atoms with Crippen LogP contribution in [0.1, 0.15) is 29.4 Å². The van der Waals surface area contributed by atoms with E-state index in [0.29, 0.717) is 11.4 Å². The fourth-order valence-electron chi connectivity index (χ4n) is 2.84. The molecule has 2 aromatic rings. The van der Waals surface area contributed by atoms with Gasteiger partial charge >= 0.3 is 0 Å². The molecule has 0 fully saturated rings. The minimum Gasteiger partial charge on any atom is -0.495 e. The standard InChI is InChI=1S/C19H21N5O3/c1-19(10-16(25)24(2)18(20)23-19)12-5-4-6-13(9-12)22-17(26)15-8-7-14(27-3)11-21-15/h4-9,11H,10H2,1-3H3,(H2,20,23)(H,22,26). The van der Waals surface area contributed by atoms with Crippen molar-refractivity contribution >= 4 is 23.5 Å². The third-order valence-corrected chi connectivity index (χ3v) is 4.52. The van der Waals surface area contributed by atoms with Gasteiger partial charge in [-0.25, -0.2) is 9.98 Å². The number of guanidine groups is 1. The largest absolute Gasteiger partial charge is 0.495 e. The Balaban J connectivity index is 1.83. The van der Waals surface area contributed by atoms with Crippen LogP contribution in [0.3, 0.4) is 0 Å². The van der Waals surface area contributed by atoms with Crippen LogP contribution in [0.4, 0.5) is 5.69 Å². The number of hydrogen-bond donors (Lipinski definition) is 2. The number of pyridine rings is 1. The molecular weight excluding hydrogens is 346 g/mol. The number of benzene rings is 1. The first-order valence-corrected chi connectivity index (χ1v) is 8.36. The topological polar surface area (TPSA) is 110 Å². The van der Waals surface area contributed by atoms with Gasteiger partial charge in [0.05, 0.1) is 25.3 Å². The molecule has 2 heterocycles. The maximum absolute atomic E-state index is 12.4. The van der Waals surface area contributed by atoms with Crippen LogP contribution in [-0.2, 0) is 10.3 Å². The summed E-state index contributed by atoms with van der Waals surface area (Å²) in [6.07, 6.45) is 1.68. The van der Waals surface area contributed by atoms with Crippen LogP contribution in [0.5, 0.6) is 5.75 Å². The first kappa shape index (κ1) is 18.4. The Hall–Kier alpha value is -3.42. The summed E-state index contributed by atoms with van der Waals surface area (Å²) < 4.78 is 5.04. The van der Waals surface area contributed by atoms with E-state index in [2.05, 4.69) is 15.3 Å². The van der Waals surface area contributed by atoms with Crippen LogP contribution in [-0.4, -0.2) is 41.8 Å². The number of methoxy groups -OCH3 is 1. The van der Waals surface area contributed by atoms with Crippen molar-refractivity contribution in [2.24, 2.45) is 10.7 Å². The summed E-state index contributed by atoms with van der Waals surface area (Å²) in [5.41, 5.74) is 6.71. The fraction of sp³-hybridized carbons (Fsp3) is 0.263. The van der Waals surface area contributed by atoms with Gasteiger partial charge in [0.2, 0.25) is 5.91 Å². The molecule has 0 saturated carbocycles. The molecule has 8 heteroatoms. The van der Waals surface area contributed by atoms with Crippen molar-refractivity contribution in [1.29, 1.82) is 0 Å². The number of amides is 2. The number of nitrogens with one attached hydrogen (secondary N) is 1. The van der Waals surface area contributed by atoms with Crippen molar-refractivity contribution in [3.63, 3.8) is 0 Å². The summed E-state index contributed by atoms with van der Waals surface area (Å²) >= 11 is 0. The molecule has 3 rings (SSSR count). The molecule has 0 spiro atoms. The Labute approximate surface area is 157 Å². The number of carbonyl (C=O) groups excluding carboxylic acids is 2. The number of aliphatic imine (C=N–C) groups is 1. The average Bonchev–Trinajstić information content (AvgIpc) is 2.66. The number of rotatable bonds is 4. The highest BCUT2D eigenvalue weighted by Gasteiger charge is 2.36. The quantitative estimate of drug-likeness (QED) is 0.855. The van der Waals surface area contributed by atoms with E-state index >= 15 is 0 Å². The summed E-state index contributed by atoms with van der Waals surface area (Å²) in [7, 11) is 3.13. The first-order valence-electron chi connectivity index (χ1n) is 8.36. The van der Waals surface area contributed by atoms with Gasteiger partial charge in [-0.2, -0.15) is 0 Å². The van der Waals surface area contributed by atoms with E-state index in [0.717, 1.165) is 5.56 Å². The number of nitrogens with zero attached hydrogens (tertiary/aromatic N) is 3. The van der Waals surface area contributed by atoms with E-state index in [-0.39, 0.29) is 29.9 Å². The third kappa shape index (κ3) is 3.74. The lowest BCUT2D eigenvalue weighted by molar-refractivity contribution is -0.128. The maximum Gasteiger partial charge on any atom is 0.274 e. The van der Waals surface area contributed by atoms with Crippen LogP contribution in [0.2, 0.25) is 0 Å². The van der Waals surface area contributed by atoms with E-state index in [1.165, 1.54) is 18.2 Å². The number of nitrogens with two attached hydrogens (primary N) is 1. The zero-order valence-electron chi connectivity index (χ0n) is 15.4. The van der Waals surface area contributed by atoms with Crippen molar-refractivity contribution in [2.45, 2.75) is 18.9 Å². The minimum absolute atomic E-state index is 0.109. The highest BCUT2D eigenvalue weighted by atomic mass is 16.5. The molecule has 3 N–H and O–H groups in total. The van der Waals surface area contributed by atoms with Gasteiger partial charge in [-0.3, -0.25) is 14.5 Å². The van der Waals surface area contributed by atoms with Gasteiger partial charge in [-0.05, 0) is 36.8 Å². The van der Waals surface area contributed by atoms with Crippen LogP contribution in [0, 0.1) is 0 Å². The second kappa shape index (κ2) is 7.06. The summed E-state index contributed by atoms with van der Waals surface area (Å²) in [5, 5.41) is 2.81. The van der Waals surface area contributed by atoms with E-state index in [9.17, 15) is 9.59 Å². The van der Waals surface area contributed by atoms with E-state index in [4.69, 9.17) is 10.5 Å². The van der Waals surface area contributed by atoms with Crippen LogP contribution >= 0.6 is 0 Å². The van der Waals surface area contributed by atoms with Crippen molar-refractivity contribution in [2.75, 3.05) is 19.5 Å². The molecule has 8 nitrogen and oxygen atoms in total. The lowest BCUT2D eigenvalue weighted by Crippen LogP contribution is -2.47. The van der Waals surface area contributed by atoms with Crippen molar-refractivity contribution in [1.82, 2.24) is 9.88 Å². The summed E-state index contributed by atoms with van der Waals surface area (Å²) in [4.78, 5) is 34.5. The summed E-state index contributed by atoms with van der Waals surface area (Å²) in [5.74, 6) is 0.291. The maximum atomic E-state index is 12.4. The number of ether oxygens (including phenoxy) is 1. The van der Waals surface area contributed by atoms with Crippen LogP contribution < -0.4 is 15.8 Å². The molecule has 1 atom stereocenters. The molecule has 1 aromatic heterocycles. The van der Waals surface area contributed by atoms with Gasteiger partial charge in [0, 0.05) is 12.7 Å². The second-order valence-corrected chi connectivity index (χ2v) is 6.49. The Kier molecular flexibility index (Phi) is 4.81. The van der Waals surface area contributed by atoms with Gasteiger partial charge in [0.15, 0.2) is 5.96 Å². The Bertz CT molecular complexity index is 910. The number of anilines is 1. The smallest absolute Gasteiger partial charge is 0.274 e. The monoisotopic (exact) mass is 367 g/mol. The molecule has 1 aromatic carbocycles. The number of carbonyl (C=O) groups is 2. The molecule has 27 heavy (non-hydrogen) atoms. The highest BCUT2D eigenvalue weighted by Crippen LogP contribution is 2.34. The van der Waals surface area contributed by atoms with Gasteiger partial charge < -0.3 is 15.8 Å². The Morgan fingerprint density at radius 1 is 1.33 bits per heavy atom. The van der Waals surface area contributed by atoms with E-state index in [1.807, 2.05) is 13.0 Å². The molecule has 140 valence electrons. The predicted octanol–water partition coefficient (Wildman–Crippen LogP) is 1.73. The average molecular weight is 367 g/mol. The molecule has 0 bridgehead atoms. The van der Waals surface area contributed by atoms with E-state index < -0.39 is 5.54 Å². The first-order chi connectivity index (χ1) is 12.8. The van der Waals surface area contributed by atoms with Crippen molar-refractivity contribution in [3.05, 3.63) is 53.9 Å². The Morgan fingerprint density at radius 2 is 2.11 bits per heavy atom. The summed E-state index contributed by atoms with van der Waals surface area (Å²) in [6, 6.07) is 10.5. The molecule has 1 unspecified atom stereocenters. The molecule has 0 saturated heterocycles. The predicted molar refractivity (Wildman–Crippen MR) is 102 cm³/mol. The zero-order chi connectivity index (χ0) is 19.6. The van der Waals surface area contributed by atoms with Gasteiger partial charge in [0.1, 0.15) is 11.4 Å². The van der Waals surface area contributed by atoms with Gasteiger partial charge in [0.25, 0.3) is 5.91 Å². The molecule has 1 aliphatic heterocycles. The molecule has 2 amide bonds. The molecular formula is C19H21N5O3. The molecule has 0 aliphatic carbocycles. The normalized spacial score (nSPS) is 19.4. The zero-order valence-corrected chi connectivity index (χ0v) is 15.4. The fourth-order valence-corrected chi connectivity index (χ4v) is 2.84. The SMILES string of the molecule is COc1ccc(C(=O)Nc2cccc(C3(C)CC(=O)N(C)C(N)=N3)c2)nc1. The van der Waals surface area contributed by atoms with Crippen molar-refractivity contribution < 1.29 is 14.3 Å². The van der Waals surface area contributed by atoms with Crippen LogP contribution in [0.15, 0.2) is 47.6 Å². The minimum atomic E-state index is -0.785. The van der Waals surface area contributed by atoms with Gasteiger partial charge in [-0.1, -0.05) is 12.1 Å². The molecule has 0 radical (unpaired) electrons. The third-order valence-electron chi connectivity index (χ3n) is 4.52. The summed E-state index contributed by atoms with van der Waals surface area (Å²) in [6.45, 7) is 1.84. The lowest BCUT2D eigenvalue weighted by Gasteiger charge is -2.33. The van der Waals surface area contributed by atoms with Crippen molar-refractivity contribution in [3.8, 4) is 5.75 Å². The van der Waals surface area contributed by atoms with E-state index in [1.54, 1.807) is 37.4 Å². The second-order valence-electron chi connectivity index (χ2n) is 6.49.